The maximum Gasteiger partial charge on any atom is 0.272 e. The van der Waals surface area contributed by atoms with Gasteiger partial charge in [0.2, 0.25) is 0 Å². The van der Waals surface area contributed by atoms with Crippen molar-refractivity contribution in [1.29, 1.82) is 0 Å². The van der Waals surface area contributed by atoms with Gasteiger partial charge in [-0.05, 0) is 11.5 Å². The van der Waals surface area contributed by atoms with E-state index in [1.165, 1.54) is 0 Å². The van der Waals surface area contributed by atoms with Crippen LogP contribution in [0.25, 0.3) is 11.4 Å². The molecule has 6 nitrogen and oxygen atoms in total. The highest BCUT2D eigenvalue weighted by Gasteiger charge is 2.34. The lowest BCUT2D eigenvalue weighted by molar-refractivity contribution is -0.903. The Kier molecular flexibility index (Phi) is 6.72. The second-order valence-electron chi connectivity index (χ2n) is 10.1. The Morgan fingerprint density at radius 1 is 1.22 bits per heavy atom. The summed E-state index contributed by atoms with van der Waals surface area (Å²) in [5, 5.41) is 3.00. The summed E-state index contributed by atoms with van der Waals surface area (Å²) in [6.45, 7) is 8.12. The smallest absolute Gasteiger partial charge is 0.272 e. The summed E-state index contributed by atoms with van der Waals surface area (Å²) in [5.41, 5.74) is 0.379. The average molecular weight is 454 g/mol. The second-order valence-corrected chi connectivity index (χ2v) is 10.1. The highest BCUT2D eigenvalue weighted by Crippen LogP contribution is 2.31. The number of fused-ring (bicyclic) bond motifs is 1. The third-order valence-electron chi connectivity index (χ3n) is 5.95. The van der Waals surface area contributed by atoms with Crippen LogP contribution in [0.3, 0.4) is 0 Å². The second kappa shape index (κ2) is 8.86. The number of carbonyl (C=O) groups is 1. The fourth-order valence-corrected chi connectivity index (χ4v) is 4.01. The van der Waals surface area contributed by atoms with Gasteiger partial charge in [0.25, 0.3) is 5.91 Å². The first kappa shape index (κ1) is 24.3. The summed E-state index contributed by atoms with van der Waals surface area (Å²) in [5.74, 6) is -3.63. The SMILES string of the molecule is COC[C@@H](NC(=O)c1nc(-c2cc(F)c(F)cc2F)n2c1C[N+](C)(C)CCC2)C(C)(C)C. The van der Waals surface area contributed by atoms with Gasteiger partial charge in [0.1, 0.15) is 23.9 Å². The predicted molar refractivity (Wildman–Crippen MR) is 115 cm³/mol. The van der Waals surface area contributed by atoms with Crippen LogP contribution >= 0.6 is 0 Å². The van der Waals surface area contributed by atoms with E-state index in [0.29, 0.717) is 35.9 Å². The molecule has 0 saturated carbocycles. The van der Waals surface area contributed by atoms with Gasteiger partial charge < -0.3 is 19.1 Å². The molecule has 0 spiro atoms. The molecular formula is C23H32F3N4O2+. The Hall–Kier alpha value is -2.39. The van der Waals surface area contributed by atoms with Crippen LogP contribution in [0, 0.1) is 22.9 Å². The molecule has 1 aromatic carbocycles. The third kappa shape index (κ3) is 4.99. The molecule has 32 heavy (non-hydrogen) atoms. The van der Waals surface area contributed by atoms with Crippen molar-refractivity contribution >= 4 is 5.91 Å². The van der Waals surface area contributed by atoms with Crippen LogP contribution in [0.15, 0.2) is 12.1 Å². The van der Waals surface area contributed by atoms with Crippen LogP contribution in [0.2, 0.25) is 0 Å². The number of imidazole rings is 1. The topological polar surface area (TPSA) is 56.1 Å². The van der Waals surface area contributed by atoms with Crippen molar-refractivity contribution in [3.8, 4) is 11.4 Å². The Morgan fingerprint density at radius 2 is 1.88 bits per heavy atom. The molecule has 1 aliphatic rings. The Bertz CT molecular complexity index is 1010. The predicted octanol–water partition coefficient (Wildman–Crippen LogP) is 3.74. The van der Waals surface area contributed by atoms with Crippen LogP contribution in [0.1, 0.15) is 43.4 Å². The molecule has 176 valence electrons. The highest BCUT2D eigenvalue weighted by molar-refractivity contribution is 5.94. The summed E-state index contributed by atoms with van der Waals surface area (Å²) < 4.78 is 49.8. The van der Waals surface area contributed by atoms with E-state index in [2.05, 4.69) is 10.3 Å². The number of rotatable bonds is 5. The van der Waals surface area contributed by atoms with E-state index in [9.17, 15) is 18.0 Å². The van der Waals surface area contributed by atoms with Gasteiger partial charge in [0, 0.05) is 26.1 Å². The molecule has 1 N–H and O–H groups in total. The Balaban J connectivity index is 2.13. The van der Waals surface area contributed by atoms with E-state index in [0.717, 1.165) is 19.0 Å². The van der Waals surface area contributed by atoms with Crippen LogP contribution in [-0.4, -0.2) is 60.3 Å². The number of benzene rings is 1. The van der Waals surface area contributed by atoms with E-state index in [4.69, 9.17) is 4.74 Å². The number of amides is 1. The molecular weight excluding hydrogens is 421 g/mol. The number of hydrogen-bond donors (Lipinski definition) is 1. The molecule has 0 unspecified atom stereocenters. The third-order valence-corrected chi connectivity index (χ3v) is 5.95. The minimum absolute atomic E-state index is 0.127. The number of hydrogen-bond acceptors (Lipinski definition) is 3. The van der Waals surface area contributed by atoms with Gasteiger partial charge in [0.05, 0.1) is 38.9 Å². The molecule has 1 atom stereocenters. The average Bonchev–Trinajstić information content (AvgIpc) is 2.92. The van der Waals surface area contributed by atoms with E-state index >= 15 is 0 Å². The quantitative estimate of drug-likeness (QED) is 0.554. The normalized spacial score (nSPS) is 16.9. The van der Waals surface area contributed by atoms with Gasteiger partial charge in [0.15, 0.2) is 17.3 Å². The van der Waals surface area contributed by atoms with Gasteiger partial charge in [-0.1, -0.05) is 20.8 Å². The number of methoxy groups -OCH3 is 1. The summed E-state index contributed by atoms with van der Waals surface area (Å²) in [6, 6.07) is 1.03. The zero-order valence-corrected chi connectivity index (χ0v) is 19.6. The van der Waals surface area contributed by atoms with Gasteiger partial charge in [-0.15, -0.1) is 0 Å². The zero-order chi connectivity index (χ0) is 23.8. The molecule has 1 aliphatic heterocycles. The van der Waals surface area contributed by atoms with E-state index in [-0.39, 0.29) is 28.5 Å². The number of nitrogens with one attached hydrogen (secondary N) is 1. The molecule has 2 heterocycles. The fraction of sp³-hybridized carbons (Fsp3) is 0.565. The maximum absolute atomic E-state index is 14.6. The molecule has 2 aromatic rings. The first-order chi connectivity index (χ1) is 14.8. The minimum atomic E-state index is -1.27. The van der Waals surface area contributed by atoms with Crippen molar-refractivity contribution < 1.29 is 27.2 Å². The van der Waals surface area contributed by atoms with Gasteiger partial charge >= 0.3 is 0 Å². The maximum atomic E-state index is 14.6. The first-order valence-corrected chi connectivity index (χ1v) is 10.7. The lowest BCUT2D eigenvalue weighted by Gasteiger charge is -2.31. The van der Waals surface area contributed by atoms with Crippen LogP contribution < -0.4 is 5.32 Å². The molecule has 1 aromatic heterocycles. The van der Waals surface area contributed by atoms with E-state index in [1.54, 1.807) is 11.7 Å². The number of carbonyl (C=O) groups excluding carboxylic acids is 1. The molecule has 0 saturated heterocycles. The molecule has 1 amide bonds. The zero-order valence-electron chi connectivity index (χ0n) is 19.6. The first-order valence-electron chi connectivity index (χ1n) is 10.7. The van der Waals surface area contributed by atoms with Gasteiger partial charge in [-0.2, -0.15) is 0 Å². The van der Waals surface area contributed by atoms with Gasteiger partial charge in [-0.25, -0.2) is 18.2 Å². The van der Waals surface area contributed by atoms with Crippen LogP contribution in [0.4, 0.5) is 13.2 Å². The molecule has 0 aliphatic carbocycles. The van der Waals surface area contributed by atoms with Crippen molar-refractivity contribution in [3.05, 3.63) is 41.0 Å². The van der Waals surface area contributed by atoms with Crippen LogP contribution in [-0.2, 0) is 17.8 Å². The molecule has 0 fully saturated rings. The Labute approximate surface area is 187 Å². The van der Waals surface area contributed by atoms with Crippen molar-refractivity contribution in [3.63, 3.8) is 0 Å². The number of halogens is 3. The summed E-state index contributed by atoms with van der Waals surface area (Å²) in [4.78, 5) is 17.8. The Morgan fingerprint density at radius 3 is 2.50 bits per heavy atom. The highest BCUT2D eigenvalue weighted by atomic mass is 19.2. The number of ether oxygens (including phenoxy) is 1. The number of quaternary nitrogens is 1. The summed E-state index contributed by atoms with van der Waals surface area (Å²) >= 11 is 0. The largest absolute Gasteiger partial charge is 0.383 e. The standard InChI is InChI=1S/C23H31F3N4O2/c1-23(2,3)19(13-32-6)27-22(31)20-18-12-30(4,5)9-7-8-29(18)21(28-20)14-10-16(25)17(26)11-15(14)24/h10-11,19H,7-9,12-13H2,1-6H3/p+1/t19-/m1/s1. The lowest BCUT2D eigenvalue weighted by Crippen LogP contribution is -2.47. The number of nitrogens with zero attached hydrogens (tertiary/aromatic N) is 3. The summed E-state index contributed by atoms with van der Waals surface area (Å²) in [6.07, 6.45) is 0.768. The fourth-order valence-electron chi connectivity index (χ4n) is 4.01. The minimum Gasteiger partial charge on any atom is -0.383 e. The summed E-state index contributed by atoms with van der Waals surface area (Å²) in [7, 11) is 5.66. The van der Waals surface area contributed by atoms with Gasteiger partial charge in [-0.3, -0.25) is 4.79 Å². The number of aromatic nitrogens is 2. The van der Waals surface area contributed by atoms with Crippen molar-refractivity contribution in [2.45, 2.75) is 46.3 Å². The molecule has 3 rings (SSSR count). The molecule has 0 bridgehead atoms. The molecule has 0 radical (unpaired) electrons. The van der Waals surface area contributed by atoms with Crippen molar-refractivity contribution in [1.82, 2.24) is 14.9 Å². The van der Waals surface area contributed by atoms with Crippen molar-refractivity contribution in [2.75, 3.05) is 34.4 Å². The van der Waals surface area contributed by atoms with E-state index in [1.807, 2.05) is 34.9 Å². The van der Waals surface area contributed by atoms with Crippen LogP contribution in [0.5, 0.6) is 0 Å². The lowest BCUT2D eigenvalue weighted by atomic mass is 9.87. The van der Waals surface area contributed by atoms with E-state index < -0.39 is 23.4 Å². The monoisotopic (exact) mass is 453 g/mol. The molecule has 9 heteroatoms. The van der Waals surface area contributed by atoms with Crippen molar-refractivity contribution in [2.24, 2.45) is 5.41 Å².